The number of hydrogen-bond acceptors (Lipinski definition) is 4. The van der Waals surface area contributed by atoms with E-state index in [1.807, 2.05) is 49.4 Å². The minimum atomic E-state index is -0.494. The number of hydrogen-bond donors (Lipinski definition) is 1. The van der Waals surface area contributed by atoms with Crippen LogP contribution >= 0.6 is 12.2 Å². The first kappa shape index (κ1) is 20.2. The number of nitrogens with one attached hydrogen (secondary N) is 1. The number of thiocarbonyl (C=S) groups is 1. The number of aromatic nitrogens is 1. The third-order valence-electron chi connectivity index (χ3n) is 4.34. The molecule has 2 aromatic carbocycles. The summed E-state index contributed by atoms with van der Waals surface area (Å²) in [5.74, 6) is -0.405. The monoisotopic (exact) mass is 405 g/mol. The van der Waals surface area contributed by atoms with Crippen molar-refractivity contribution in [3.63, 3.8) is 0 Å². The first-order valence-electron chi connectivity index (χ1n) is 8.88. The molecule has 0 spiro atoms. The Balaban J connectivity index is 2.15. The van der Waals surface area contributed by atoms with Crippen LogP contribution < -0.4 is 15.0 Å². The van der Waals surface area contributed by atoms with Crippen molar-refractivity contribution in [2.45, 2.75) is 13.8 Å². The highest BCUT2D eigenvalue weighted by atomic mass is 32.1. The van der Waals surface area contributed by atoms with Gasteiger partial charge >= 0.3 is 0 Å². The number of nitrogens with zero attached hydrogens (tertiary/aromatic N) is 2. The Morgan fingerprint density at radius 1 is 1.07 bits per heavy atom. The molecule has 1 aromatic heterocycles. The molecule has 0 saturated carbocycles. The van der Waals surface area contributed by atoms with Crippen LogP contribution in [0.3, 0.4) is 0 Å². The lowest BCUT2D eigenvalue weighted by Crippen LogP contribution is -2.40. The van der Waals surface area contributed by atoms with Gasteiger partial charge < -0.3 is 10.4 Å². The quantitative estimate of drug-likeness (QED) is 0.175. The second-order valence-electron chi connectivity index (χ2n) is 6.54. The smallest absolute Gasteiger partial charge is 0.272 e. The largest absolute Gasteiger partial charge is 0.867 e. The first-order chi connectivity index (χ1) is 13.9. The van der Waals surface area contributed by atoms with E-state index in [0.29, 0.717) is 5.56 Å². The number of nitro benzene ring substituents is 1. The van der Waals surface area contributed by atoms with Crippen LogP contribution in [0.5, 0.6) is 0 Å². The van der Waals surface area contributed by atoms with Crippen molar-refractivity contribution in [1.82, 2.24) is 0 Å². The van der Waals surface area contributed by atoms with Gasteiger partial charge in [-0.3, -0.25) is 10.1 Å². The van der Waals surface area contributed by atoms with E-state index in [1.165, 1.54) is 6.07 Å². The number of anilines is 1. The molecule has 0 saturated heterocycles. The molecule has 0 radical (unpaired) electrons. The molecule has 0 bridgehead atoms. The molecule has 0 aliphatic rings. The summed E-state index contributed by atoms with van der Waals surface area (Å²) in [6, 6.07) is 17.4. The van der Waals surface area contributed by atoms with Crippen LogP contribution in [0.15, 0.2) is 73.1 Å². The Hall–Kier alpha value is -3.58. The summed E-state index contributed by atoms with van der Waals surface area (Å²) in [6.45, 7) is 3.54. The first-order valence-corrected chi connectivity index (χ1v) is 9.29. The second kappa shape index (κ2) is 8.62. The van der Waals surface area contributed by atoms with Crippen LogP contribution in [0.2, 0.25) is 0 Å². The van der Waals surface area contributed by atoms with Crippen LogP contribution in [-0.4, -0.2) is 9.91 Å². The van der Waals surface area contributed by atoms with Gasteiger partial charge in [0.15, 0.2) is 17.4 Å². The van der Waals surface area contributed by atoms with Gasteiger partial charge in [0.25, 0.3) is 5.69 Å². The van der Waals surface area contributed by atoms with Crippen molar-refractivity contribution in [3.05, 3.63) is 99.9 Å². The second-order valence-corrected chi connectivity index (χ2v) is 6.95. The van der Waals surface area contributed by atoms with E-state index in [2.05, 4.69) is 5.32 Å². The van der Waals surface area contributed by atoms with Gasteiger partial charge in [0.1, 0.15) is 0 Å². The zero-order chi connectivity index (χ0) is 21.0. The molecule has 0 fully saturated rings. The molecule has 3 rings (SSSR count). The maximum atomic E-state index is 13.4. The highest BCUT2D eigenvalue weighted by Crippen LogP contribution is 2.24. The maximum Gasteiger partial charge on any atom is 0.272 e. The Bertz CT molecular complexity index is 1110. The SMILES string of the molecule is Cc1ccc[n+](C(C(=S)Nc2ccccc2)=C([O-])c2ccc(C)c([N+](=O)[O-])c2)c1. The van der Waals surface area contributed by atoms with Crippen LogP contribution in [0, 0.1) is 24.0 Å². The number of benzene rings is 2. The van der Waals surface area contributed by atoms with Crippen molar-refractivity contribution >= 4 is 40.0 Å². The Labute approximate surface area is 173 Å². The minimum Gasteiger partial charge on any atom is -0.867 e. The van der Waals surface area contributed by atoms with E-state index in [-0.39, 0.29) is 21.9 Å². The van der Waals surface area contributed by atoms with E-state index < -0.39 is 10.7 Å². The fraction of sp³-hybridized carbons (Fsp3) is 0.0909. The molecule has 3 aromatic rings. The zero-order valence-corrected chi connectivity index (χ0v) is 16.8. The molecule has 146 valence electrons. The molecule has 0 aliphatic carbocycles. The van der Waals surface area contributed by atoms with Gasteiger partial charge in [0.05, 0.1) is 4.92 Å². The van der Waals surface area contributed by atoms with E-state index in [4.69, 9.17) is 12.2 Å². The van der Waals surface area contributed by atoms with Gasteiger partial charge in [-0.2, -0.15) is 4.57 Å². The summed E-state index contributed by atoms with van der Waals surface area (Å²) < 4.78 is 1.64. The third-order valence-corrected chi connectivity index (χ3v) is 4.63. The van der Waals surface area contributed by atoms with Gasteiger partial charge in [-0.05, 0) is 43.4 Å². The van der Waals surface area contributed by atoms with Crippen LogP contribution in [0.4, 0.5) is 11.4 Å². The number of pyridine rings is 1. The van der Waals surface area contributed by atoms with Gasteiger partial charge in [-0.15, -0.1) is 0 Å². The molecule has 1 heterocycles. The lowest BCUT2D eigenvalue weighted by molar-refractivity contribution is -0.578. The highest BCUT2D eigenvalue weighted by molar-refractivity contribution is 7.81. The molecule has 0 unspecified atom stereocenters. The Kier molecular flexibility index (Phi) is 5.99. The van der Waals surface area contributed by atoms with Gasteiger partial charge in [-0.25, -0.2) is 0 Å². The fourth-order valence-corrected chi connectivity index (χ4v) is 3.18. The average Bonchev–Trinajstić information content (AvgIpc) is 2.69. The summed E-state index contributed by atoms with van der Waals surface area (Å²) in [7, 11) is 0. The highest BCUT2D eigenvalue weighted by Gasteiger charge is 2.20. The molecule has 0 amide bonds. The van der Waals surface area contributed by atoms with E-state index in [1.54, 1.807) is 36.0 Å². The summed E-state index contributed by atoms with van der Waals surface area (Å²) >= 11 is 5.55. The molecule has 0 aliphatic heterocycles. The average molecular weight is 405 g/mol. The molecule has 1 N–H and O–H groups in total. The summed E-state index contributed by atoms with van der Waals surface area (Å²) in [4.78, 5) is 11.0. The van der Waals surface area contributed by atoms with Crippen LogP contribution in [0.25, 0.3) is 11.5 Å². The van der Waals surface area contributed by atoms with Crippen molar-refractivity contribution in [1.29, 1.82) is 0 Å². The van der Waals surface area contributed by atoms with Crippen LogP contribution in [0.1, 0.15) is 16.7 Å². The van der Waals surface area contributed by atoms with Crippen molar-refractivity contribution in [2.24, 2.45) is 0 Å². The van der Waals surface area contributed by atoms with E-state index in [9.17, 15) is 15.2 Å². The standard InChI is InChI=1S/C22H19N3O3S/c1-15-7-6-12-24(14-15)20(22(29)23-18-8-4-3-5-9-18)21(26)17-11-10-16(2)19(13-17)25(27)28/h3-14H,1-2H3,(H-,23,26,29). The van der Waals surface area contributed by atoms with Crippen molar-refractivity contribution in [3.8, 4) is 0 Å². The van der Waals surface area contributed by atoms with E-state index in [0.717, 1.165) is 11.3 Å². The third kappa shape index (κ3) is 4.64. The predicted octanol–water partition coefficient (Wildman–Crippen LogP) is 3.62. The van der Waals surface area contributed by atoms with Crippen molar-refractivity contribution < 1.29 is 14.6 Å². The molecular weight excluding hydrogens is 386 g/mol. The maximum absolute atomic E-state index is 13.4. The van der Waals surface area contributed by atoms with E-state index >= 15 is 0 Å². The summed E-state index contributed by atoms with van der Waals surface area (Å²) in [6.07, 6.45) is 3.51. The Morgan fingerprint density at radius 3 is 2.45 bits per heavy atom. The summed E-state index contributed by atoms with van der Waals surface area (Å²) in [5.41, 5.74) is 2.48. The van der Waals surface area contributed by atoms with Crippen molar-refractivity contribution in [2.75, 3.05) is 5.32 Å². The number of para-hydroxylation sites is 1. The minimum absolute atomic E-state index is 0.105. The zero-order valence-electron chi connectivity index (χ0n) is 16.0. The number of nitro groups is 1. The lowest BCUT2D eigenvalue weighted by Gasteiger charge is -2.17. The summed E-state index contributed by atoms with van der Waals surface area (Å²) in [5, 5.41) is 27.7. The molecule has 0 atom stereocenters. The van der Waals surface area contributed by atoms with Gasteiger partial charge in [0.2, 0.25) is 5.70 Å². The number of aryl methyl sites for hydroxylation is 2. The topological polar surface area (TPSA) is 82.1 Å². The van der Waals surface area contributed by atoms with Gasteiger partial charge in [-0.1, -0.05) is 42.5 Å². The van der Waals surface area contributed by atoms with Gasteiger partial charge in [0, 0.05) is 28.9 Å². The normalized spacial score (nSPS) is 11.5. The molecule has 7 heteroatoms. The number of rotatable bonds is 5. The fourth-order valence-electron chi connectivity index (χ4n) is 2.87. The molecular formula is C22H19N3O3S. The molecule has 29 heavy (non-hydrogen) atoms. The lowest BCUT2D eigenvalue weighted by atomic mass is 10.1. The predicted molar refractivity (Wildman–Crippen MR) is 115 cm³/mol. The van der Waals surface area contributed by atoms with Crippen LogP contribution in [-0.2, 0) is 0 Å². The molecule has 6 nitrogen and oxygen atoms in total. The Morgan fingerprint density at radius 2 is 1.79 bits per heavy atom.